The van der Waals surface area contributed by atoms with Crippen molar-refractivity contribution in [2.45, 2.75) is 6.92 Å². The number of hydrogen-bond acceptors (Lipinski definition) is 3. The number of hydrogen-bond donors (Lipinski definition) is 0. The lowest BCUT2D eigenvalue weighted by Crippen LogP contribution is -2.49. The maximum Gasteiger partial charge on any atom is 0.281 e. The van der Waals surface area contributed by atoms with E-state index < -0.39 is 17.7 Å². The van der Waals surface area contributed by atoms with Crippen LogP contribution in [-0.2, 0) is 4.79 Å². The van der Waals surface area contributed by atoms with Gasteiger partial charge in [-0.3, -0.25) is 14.4 Å². The van der Waals surface area contributed by atoms with E-state index in [1.54, 1.807) is 36.4 Å². The lowest BCUT2D eigenvalue weighted by atomic mass is 10.1. The average molecular weight is 406 g/mol. The maximum atomic E-state index is 12.5. The molecule has 0 unspecified atom stereocenters. The van der Waals surface area contributed by atoms with Crippen molar-refractivity contribution in [1.29, 1.82) is 0 Å². The van der Waals surface area contributed by atoms with Gasteiger partial charge in [-0.25, -0.2) is 5.01 Å². The Balaban J connectivity index is 2.08. The Bertz CT molecular complexity index is 751. The van der Waals surface area contributed by atoms with Crippen molar-refractivity contribution in [2.75, 3.05) is 5.01 Å². The van der Waals surface area contributed by atoms with E-state index in [0.29, 0.717) is 16.8 Å². The number of amides is 3. The van der Waals surface area contributed by atoms with E-state index in [2.05, 4.69) is 22.6 Å². The van der Waals surface area contributed by atoms with Crippen molar-refractivity contribution in [2.24, 2.45) is 0 Å². The molecule has 0 aromatic heterocycles. The van der Waals surface area contributed by atoms with Crippen molar-refractivity contribution < 1.29 is 14.4 Å². The molecule has 22 heavy (non-hydrogen) atoms. The topological polar surface area (TPSA) is 57.7 Å². The summed E-state index contributed by atoms with van der Waals surface area (Å²) < 4.78 is 0.993. The van der Waals surface area contributed by atoms with Crippen LogP contribution in [0.5, 0.6) is 0 Å². The van der Waals surface area contributed by atoms with Gasteiger partial charge in [0.15, 0.2) is 0 Å². The van der Waals surface area contributed by atoms with Gasteiger partial charge in [0.05, 0.1) is 16.8 Å². The number of benzene rings is 2. The molecule has 2 aromatic rings. The van der Waals surface area contributed by atoms with Gasteiger partial charge < -0.3 is 0 Å². The number of hydrazine groups is 1. The van der Waals surface area contributed by atoms with Crippen molar-refractivity contribution in [3.63, 3.8) is 0 Å². The van der Waals surface area contributed by atoms with Gasteiger partial charge in [0, 0.05) is 10.5 Å². The highest BCUT2D eigenvalue weighted by molar-refractivity contribution is 14.1. The van der Waals surface area contributed by atoms with Crippen LogP contribution in [0, 0.1) is 3.57 Å². The van der Waals surface area contributed by atoms with Crippen LogP contribution >= 0.6 is 22.6 Å². The van der Waals surface area contributed by atoms with Gasteiger partial charge >= 0.3 is 0 Å². The fourth-order valence-corrected chi connectivity index (χ4v) is 2.74. The molecule has 0 spiro atoms. The lowest BCUT2D eigenvalue weighted by molar-refractivity contribution is -0.118. The smallest absolute Gasteiger partial charge is 0.273 e. The first-order chi connectivity index (χ1) is 10.5. The fourth-order valence-electron chi connectivity index (χ4n) is 2.38. The normalized spacial score (nSPS) is 13.3. The molecule has 2 aromatic carbocycles. The summed E-state index contributed by atoms with van der Waals surface area (Å²) in [4.78, 5) is 37.0. The molecule has 1 aliphatic heterocycles. The molecule has 0 radical (unpaired) electrons. The van der Waals surface area contributed by atoms with Gasteiger partial charge in [-0.15, -0.1) is 0 Å². The number of imide groups is 1. The molecule has 0 fully saturated rings. The predicted molar refractivity (Wildman–Crippen MR) is 89.3 cm³/mol. The second-order valence-electron chi connectivity index (χ2n) is 4.77. The number of anilines is 1. The Hall–Kier alpha value is -2.22. The third-order valence-corrected chi connectivity index (χ3v) is 4.06. The number of rotatable bonds is 2. The maximum absolute atomic E-state index is 12.5. The highest BCUT2D eigenvalue weighted by Gasteiger charge is 2.40. The van der Waals surface area contributed by atoms with E-state index >= 15 is 0 Å². The van der Waals surface area contributed by atoms with Crippen LogP contribution in [-0.4, -0.2) is 22.7 Å². The Labute approximate surface area is 140 Å². The van der Waals surface area contributed by atoms with Gasteiger partial charge in [0.25, 0.3) is 11.8 Å². The molecule has 1 aliphatic rings. The first-order valence-corrected chi connectivity index (χ1v) is 7.62. The Kier molecular flexibility index (Phi) is 3.69. The van der Waals surface area contributed by atoms with E-state index in [9.17, 15) is 14.4 Å². The molecule has 110 valence electrons. The molecule has 5 nitrogen and oxygen atoms in total. The Morgan fingerprint density at radius 3 is 1.91 bits per heavy atom. The third-order valence-electron chi connectivity index (χ3n) is 3.34. The van der Waals surface area contributed by atoms with Crippen LogP contribution in [0.1, 0.15) is 27.6 Å². The summed E-state index contributed by atoms with van der Waals surface area (Å²) in [5.74, 6) is -1.39. The third kappa shape index (κ3) is 2.29. The summed E-state index contributed by atoms with van der Waals surface area (Å²) in [6.45, 7) is 1.32. The summed E-state index contributed by atoms with van der Waals surface area (Å²) in [6.07, 6.45) is 0. The van der Waals surface area contributed by atoms with E-state index in [4.69, 9.17) is 0 Å². The minimum atomic E-state index is -0.491. The number of carbonyl (C=O) groups excluding carboxylic acids is 3. The summed E-state index contributed by atoms with van der Waals surface area (Å²) >= 11 is 2.14. The quantitative estimate of drug-likeness (QED) is 0.570. The van der Waals surface area contributed by atoms with Gasteiger partial charge in [-0.1, -0.05) is 12.1 Å². The van der Waals surface area contributed by atoms with Crippen molar-refractivity contribution in [3.8, 4) is 0 Å². The summed E-state index contributed by atoms with van der Waals surface area (Å²) in [5, 5.41) is 2.01. The summed E-state index contributed by atoms with van der Waals surface area (Å²) in [6, 6.07) is 13.6. The molecule has 0 saturated heterocycles. The highest BCUT2D eigenvalue weighted by Crippen LogP contribution is 2.28. The zero-order valence-electron chi connectivity index (χ0n) is 11.6. The van der Waals surface area contributed by atoms with E-state index in [1.165, 1.54) is 6.92 Å². The molecular formula is C16H11IN2O3. The molecule has 3 amide bonds. The van der Waals surface area contributed by atoms with Gasteiger partial charge in [0.1, 0.15) is 0 Å². The lowest BCUT2D eigenvalue weighted by Gasteiger charge is -2.28. The second-order valence-corrected chi connectivity index (χ2v) is 6.02. The van der Waals surface area contributed by atoms with Crippen LogP contribution in [0.3, 0.4) is 0 Å². The fraction of sp³-hybridized carbons (Fsp3) is 0.0625. The zero-order valence-corrected chi connectivity index (χ0v) is 13.8. The first kappa shape index (κ1) is 14.7. The molecule has 0 N–H and O–H groups in total. The molecule has 0 bridgehead atoms. The number of carbonyl (C=O) groups is 3. The van der Waals surface area contributed by atoms with Crippen LogP contribution in [0.2, 0.25) is 0 Å². The molecule has 0 saturated carbocycles. The summed E-state index contributed by atoms with van der Waals surface area (Å²) in [7, 11) is 0. The van der Waals surface area contributed by atoms with Crippen LogP contribution in [0.25, 0.3) is 0 Å². The molecule has 0 atom stereocenters. The minimum absolute atomic E-state index is 0.310. The Morgan fingerprint density at radius 2 is 1.45 bits per heavy atom. The van der Waals surface area contributed by atoms with E-state index in [1.807, 2.05) is 12.1 Å². The largest absolute Gasteiger partial charge is 0.281 e. The van der Waals surface area contributed by atoms with E-state index in [-0.39, 0.29) is 0 Å². The summed E-state index contributed by atoms with van der Waals surface area (Å²) in [5.41, 5.74) is 1.09. The minimum Gasteiger partial charge on any atom is -0.273 e. The molecule has 0 aliphatic carbocycles. The second kappa shape index (κ2) is 5.53. The monoisotopic (exact) mass is 406 g/mol. The van der Waals surface area contributed by atoms with Crippen LogP contribution in [0.4, 0.5) is 5.69 Å². The molecule has 6 heteroatoms. The number of nitrogens with zero attached hydrogens (tertiary/aromatic N) is 2. The Morgan fingerprint density at radius 1 is 0.955 bits per heavy atom. The average Bonchev–Trinajstić information content (AvgIpc) is 2.75. The predicted octanol–water partition coefficient (Wildman–Crippen LogP) is 2.86. The van der Waals surface area contributed by atoms with Crippen molar-refractivity contribution >= 4 is 46.0 Å². The van der Waals surface area contributed by atoms with Gasteiger partial charge in [-0.05, 0) is 59.0 Å². The van der Waals surface area contributed by atoms with Gasteiger partial charge in [0.2, 0.25) is 5.91 Å². The highest BCUT2D eigenvalue weighted by atomic mass is 127. The van der Waals surface area contributed by atoms with Crippen LogP contribution < -0.4 is 5.01 Å². The number of halogens is 1. The van der Waals surface area contributed by atoms with Crippen molar-refractivity contribution in [3.05, 3.63) is 63.2 Å². The van der Waals surface area contributed by atoms with E-state index in [0.717, 1.165) is 13.6 Å². The molecule has 1 heterocycles. The standard InChI is InChI=1S/C16H11IN2O3/c1-10(20)18(12-8-6-11(17)7-9-12)19-15(21)13-4-2-3-5-14(13)16(19)22/h2-9H,1H3. The first-order valence-electron chi connectivity index (χ1n) is 6.54. The van der Waals surface area contributed by atoms with Gasteiger partial charge in [-0.2, -0.15) is 5.01 Å². The van der Waals surface area contributed by atoms with Crippen molar-refractivity contribution in [1.82, 2.24) is 5.01 Å². The number of fused-ring (bicyclic) bond motifs is 1. The SMILES string of the molecule is CC(=O)N(c1ccc(I)cc1)N1C(=O)c2ccccc2C1=O. The van der Waals surface area contributed by atoms with Crippen LogP contribution in [0.15, 0.2) is 48.5 Å². The molecular weight excluding hydrogens is 395 g/mol. The zero-order chi connectivity index (χ0) is 15.9. The molecule has 3 rings (SSSR count).